The maximum absolute atomic E-state index is 13.0. The monoisotopic (exact) mass is 456 g/mol. The summed E-state index contributed by atoms with van der Waals surface area (Å²) in [4.78, 5) is 25.5. The molecule has 2 N–H and O–H groups in total. The van der Waals surface area contributed by atoms with Gasteiger partial charge in [0.1, 0.15) is 18.0 Å². The van der Waals surface area contributed by atoms with Crippen molar-refractivity contribution < 1.29 is 29.3 Å². The number of phenols is 1. The van der Waals surface area contributed by atoms with Crippen molar-refractivity contribution in [2.75, 3.05) is 0 Å². The molecule has 0 spiro atoms. The molecule has 0 aliphatic heterocycles. The van der Waals surface area contributed by atoms with Crippen LogP contribution in [-0.4, -0.2) is 40.0 Å². The van der Waals surface area contributed by atoms with E-state index >= 15 is 0 Å². The van der Waals surface area contributed by atoms with Crippen molar-refractivity contribution in [2.24, 2.45) is 17.3 Å². The Morgan fingerprint density at radius 3 is 2.33 bits per heavy atom. The van der Waals surface area contributed by atoms with Crippen molar-refractivity contribution in [2.45, 2.75) is 78.6 Å². The first-order valence-corrected chi connectivity index (χ1v) is 11.6. The van der Waals surface area contributed by atoms with Gasteiger partial charge in [0.05, 0.1) is 11.2 Å². The minimum atomic E-state index is -1.08. The number of esters is 2. The molecule has 3 rings (SSSR count). The zero-order valence-corrected chi connectivity index (χ0v) is 20.4. The lowest BCUT2D eigenvalue weighted by atomic mass is 9.66. The van der Waals surface area contributed by atoms with E-state index in [0.29, 0.717) is 24.8 Å². The minimum absolute atomic E-state index is 0.0679. The lowest BCUT2D eigenvalue weighted by molar-refractivity contribution is -0.158. The second-order valence-electron chi connectivity index (χ2n) is 10.4. The fourth-order valence-electron chi connectivity index (χ4n) is 5.49. The number of fused-ring (bicyclic) bond motifs is 1. The highest BCUT2D eigenvalue weighted by Gasteiger charge is 2.63. The Bertz CT molecular complexity index is 955. The molecule has 1 aromatic rings. The molecule has 2 aliphatic rings. The van der Waals surface area contributed by atoms with Gasteiger partial charge in [0.15, 0.2) is 0 Å². The molecular formula is C27H36O6. The van der Waals surface area contributed by atoms with Crippen LogP contribution in [0.3, 0.4) is 0 Å². The van der Waals surface area contributed by atoms with Gasteiger partial charge in [-0.25, -0.2) is 9.59 Å². The largest absolute Gasteiger partial charge is 0.508 e. The Hall–Kier alpha value is -2.60. The lowest BCUT2D eigenvalue weighted by Crippen LogP contribution is -2.53. The molecule has 0 saturated heterocycles. The molecule has 1 fully saturated rings. The molecule has 5 atom stereocenters. The third kappa shape index (κ3) is 5.01. The predicted molar refractivity (Wildman–Crippen MR) is 126 cm³/mol. The molecule has 0 amide bonds. The second-order valence-corrected chi connectivity index (χ2v) is 10.4. The number of carbonyl (C=O) groups is 2. The van der Waals surface area contributed by atoms with Crippen molar-refractivity contribution in [3.8, 4) is 5.75 Å². The number of benzene rings is 1. The van der Waals surface area contributed by atoms with E-state index in [1.165, 1.54) is 30.3 Å². The number of rotatable bonds is 5. The normalized spacial score (nSPS) is 31.3. The summed E-state index contributed by atoms with van der Waals surface area (Å²) in [6.45, 7) is 11.6. The summed E-state index contributed by atoms with van der Waals surface area (Å²) in [7, 11) is 0. The summed E-state index contributed by atoms with van der Waals surface area (Å²) >= 11 is 0. The molecule has 0 radical (unpaired) electrons. The fraction of sp³-hybridized carbons (Fsp3) is 0.556. The molecule has 33 heavy (non-hydrogen) atoms. The number of aliphatic hydroxyl groups is 1. The molecule has 0 unspecified atom stereocenters. The first-order chi connectivity index (χ1) is 15.4. The molecule has 180 valence electrons. The molecule has 2 aliphatic carbocycles. The van der Waals surface area contributed by atoms with Gasteiger partial charge in [-0.05, 0) is 69.9 Å². The Labute approximate surface area is 196 Å². The summed E-state index contributed by atoms with van der Waals surface area (Å²) < 4.78 is 12.0. The van der Waals surface area contributed by atoms with Gasteiger partial charge >= 0.3 is 11.9 Å². The summed E-state index contributed by atoms with van der Waals surface area (Å²) in [6.07, 6.45) is 3.89. The van der Waals surface area contributed by atoms with E-state index in [2.05, 4.69) is 0 Å². The van der Waals surface area contributed by atoms with Gasteiger partial charge in [0, 0.05) is 23.8 Å². The van der Waals surface area contributed by atoms with Gasteiger partial charge in [-0.2, -0.15) is 0 Å². The number of ether oxygens (including phenoxy) is 2. The maximum Gasteiger partial charge on any atom is 0.338 e. The van der Waals surface area contributed by atoms with Crippen LogP contribution in [-0.2, 0) is 14.3 Å². The van der Waals surface area contributed by atoms with E-state index in [-0.39, 0.29) is 11.7 Å². The van der Waals surface area contributed by atoms with Crippen molar-refractivity contribution in [3.63, 3.8) is 0 Å². The van der Waals surface area contributed by atoms with Crippen LogP contribution < -0.4 is 0 Å². The summed E-state index contributed by atoms with van der Waals surface area (Å²) in [5, 5.41) is 21.4. The van der Waals surface area contributed by atoms with Crippen LogP contribution in [0.4, 0.5) is 0 Å². The van der Waals surface area contributed by atoms with E-state index in [9.17, 15) is 19.8 Å². The molecule has 6 nitrogen and oxygen atoms in total. The van der Waals surface area contributed by atoms with Crippen LogP contribution in [0.2, 0.25) is 0 Å². The quantitative estimate of drug-likeness (QED) is 0.370. The average Bonchev–Trinajstić information content (AvgIpc) is 2.94. The summed E-state index contributed by atoms with van der Waals surface area (Å²) in [5.74, 6) is -1.36. The van der Waals surface area contributed by atoms with E-state index in [1.54, 1.807) is 0 Å². The third-order valence-corrected chi connectivity index (χ3v) is 7.30. The van der Waals surface area contributed by atoms with Crippen LogP contribution in [0.25, 0.3) is 0 Å². The number of hydrogen-bond donors (Lipinski definition) is 2. The zero-order valence-electron chi connectivity index (χ0n) is 20.4. The first-order valence-electron chi connectivity index (χ1n) is 11.6. The van der Waals surface area contributed by atoms with Gasteiger partial charge in [0.25, 0.3) is 0 Å². The van der Waals surface area contributed by atoms with E-state index in [1.807, 2.05) is 47.6 Å². The maximum atomic E-state index is 13.0. The number of phenolic OH excluding ortho intramolecular Hbond substituents is 1. The van der Waals surface area contributed by atoms with Crippen molar-refractivity contribution in [1.82, 2.24) is 0 Å². The fourth-order valence-corrected chi connectivity index (χ4v) is 5.49. The Morgan fingerprint density at radius 2 is 1.76 bits per heavy atom. The molecule has 0 aromatic heterocycles. The highest BCUT2D eigenvalue weighted by molar-refractivity contribution is 5.89. The Balaban J connectivity index is 2.00. The lowest BCUT2D eigenvalue weighted by Gasteiger charge is -2.45. The van der Waals surface area contributed by atoms with Crippen molar-refractivity contribution >= 4 is 11.9 Å². The molecule has 1 saturated carbocycles. The van der Waals surface area contributed by atoms with Crippen LogP contribution in [0.5, 0.6) is 5.75 Å². The molecule has 1 aromatic carbocycles. The van der Waals surface area contributed by atoms with Gasteiger partial charge < -0.3 is 19.7 Å². The third-order valence-electron chi connectivity index (χ3n) is 7.30. The average molecular weight is 457 g/mol. The van der Waals surface area contributed by atoms with Gasteiger partial charge in [-0.15, -0.1) is 0 Å². The number of carbonyl (C=O) groups excluding carboxylic acids is 2. The summed E-state index contributed by atoms with van der Waals surface area (Å²) in [5.41, 5.74) is 0.436. The van der Waals surface area contributed by atoms with Gasteiger partial charge in [-0.3, -0.25) is 0 Å². The highest BCUT2D eigenvalue weighted by Crippen LogP contribution is 2.58. The van der Waals surface area contributed by atoms with Gasteiger partial charge in [0.2, 0.25) is 0 Å². The van der Waals surface area contributed by atoms with Gasteiger partial charge in [-0.1, -0.05) is 31.9 Å². The summed E-state index contributed by atoms with van der Waals surface area (Å²) in [6, 6.07) is 5.92. The molecule has 6 heteroatoms. The number of hydrogen-bond acceptors (Lipinski definition) is 6. The number of aromatic hydroxyl groups is 1. The smallest absolute Gasteiger partial charge is 0.338 e. The van der Waals surface area contributed by atoms with Crippen LogP contribution in [0.1, 0.15) is 71.2 Å². The van der Waals surface area contributed by atoms with Crippen molar-refractivity contribution in [1.29, 1.82) is 0 Å². The van der Waals surface area contributed by atoms with E-state index in [0.717, 1.165) is 11.1 Å². The topological polar surface area (TPSA) is 93.1 Å². The molecule has 0 bridgehead atoms. The second kappa shape index (κ2) is 9.34. The Morgan fingerprint density at radius 1 is 1.12 bits per heavy atom. The van der Waals surface area contributed by atoms with E-state index in [4.69, 9.17) is 9.47 Å². The first kappa shape index (κ1) is 25.0. The van der Waals surface area contributed by atoms with Crippen LogP contribution in [0.15, 0.2) is 47.6 Å². The highest BCUT2D eigenvalue weighted by atomic mass is 16.6. The van der Waals surface area contributed by atoms with Crippen molar-refractivity contribution in [3.05, 3.63) is 53.1 Å². The standard InChI is InChI=1S/C27H36O6/c1-16(2)13-23(29)33-22-15-18(5)14-21(32-25(30)19-7-9-20(28)10-8-19)24-26(22,6)11-12-27(24,31)17(3)4/h7-10,13,15,17,21-22,24,28,31H,11-12,14H2,1-6H3/t21-,22-,24-,26+,27+/m1/s1. The predicted octanol–water partition coefficient (Wildman–Crippen LogP) is 4.95. The SMILES string of the molecule is CC(C)=CC(=O)O[C@@H]1C=C(C)C[C@@H](OC(=O)c2ccc(O)cc2)[C@@H]2[C@@]1(C)CC[C@]2(O)C(C)C. The zero-order chi connectivity index (χ0) is 24.6. The number of allylic oxidation sites excluding steroid dienone is 1. The molecular weight excluding hydrogens is 420 g/mol. The van der Waals surface area contributed by atoms with Crippen LogP contribution >= 0.6 is 0 Å². The minimum Gasteiger partial charge on any atom is -0.508 e. The Kier molecular flexibility index (Phi) is 7.08. The van der Waals surface area contributed by atoms with Crippen LogP contribution in [0, 0.1) is 17.3 Å². The van der Waals surface area contributed by atoms with E-state index < -0.39 is 41.1 Å². The molecule has 0 heterocycles.